The number of carbonyl (C=O) groups excluding carboxylic acids is 1. The van der Waals surface area contributed by atoms with Crippen molar-refractivity contribution < 1.29 is 14.7 Å². The molecule has 0 saturated heterocycles. The highest BCUT2D eigenvalue weighted by atomic mass is 127. The summed E-state index contributed by atoms with van der Waals surface area (Å²) >= 11 is 8.08. The van der Waals surface area contributed by atoms with E-state index in [1.807, 2.05) is 6.07 Å². The number of amides is 1. The first-order valence-electron chi connectivity index (χ1n) is 4.98. The van der Waals surface area contributed by atoms with Gasteiger partial charge in [0.25, 0.3) is 0 Å². The van der Waals surface area contributed by atoms with Gasteiger partial charge in [0.2, 0.25) is 5.91 Å². The molecule has 2 atom stereocenters. The molecule has 1 aliphatic rings. The summed E-state index contributed by atoms with van der Waals surface area (Å²) in [6.07, 6.45) is 0.406. The number of anilines is 1. The second-order valence-corrected chi connectivity index (χ2v) is 5.55. The Balaban J connectivity index is 2.02. The number of nitrogens with one attached hydrogen (secondary N) is 1. The molecule has 2 N–H and O–H groups in total. The van der Waals surface area contributed by atoms with Crippen LogP contribution >= 0.6 is 34.2 Å². The van der Waals surface area contributed by atoms with Gasteiger partial charge in [0, 0.05) is 3.57 Å². The molecule has 0 heterocycles. The molecule has 1 saturated carbocycles. The summed E-state index contributed by atoms with van der Waals surface area (Å²) in [7, 11) is 0. The third-order valence-electron chi connectivity index (χ3n) is 2.63. The number of halogens is 2. The molecule has 2 rings (SSSR count). The minimum absolute atomic E-state index is 0.277. The first-order valence-corrected chi connectivity index (χ1v) is 6.43. The van der Waals surface area contributed by atoms with E-state index in [1.165, 1.54) is 0 Å². The Kier molecular flexibility index (Phi) is 3.58. The number of carboxylic acid groups (broad SMARTS) is 1. The van der Waals surface area contributed by atoms with Gasteiger partial charge in [-0.2, -0.15) is 0 Å². The Hall–Kier alpha value is -0.820. The van der Waals surface area contributed by atoms with Crippen LogP contribution in [0.2, 0.25) is 5.02 Å². The van der Waals surface area contributed by atoms with Crippen LogP contribution in [0, 0.1) is 15.4 Å². The normalized spacial score (nSPS) is 22.0. The number of carboxylic acids is 1. The number of carbonyl (C=O) groups is 2. The van der Waals surface area contributed by atoms with E-state index in [9.17, 15) is 9.59 Å². The molecule has 0 unspecified atom stereocenters. The number of rotatable bonds is 3. The molecule has 90 valence electrons. The maximum atomic E-state index is 11.7. The van der Waals surface area contributed by atoms with Crippen LogP contribution in [0.5, 0.6) is 0 Å². The van der Waals surface area contributed by atoms with Gasteiger partial charge in [0.1, 0.15) is 0 Å². The van der Waals surface area contributed by atoms with Gasteiger partial charge in [0.15, 0.2) is 0 Å². The molecule has 1 aromatic rings. The highest BCUT2D eigenvalue weighted by Crippen LogP contribution is 2.39. The zero-order chi connectivity index (χ0) is 12.6. The SMILES string of the molecule is O=C(O)[C@H]1C[C@H]1C(=O)Nc1ccc(I)cc1Cl. The molecular weight excluding hydrogens is 356 g/mol. The monoisotopic (exact) mass is 365 g/mol. The molecule has 1 aromatic carbocycles. The van der Waals surface area contributed by atoms with E-state index < -0.39 is 17.8 Å². The minimum atomic E-state index is -0.918. The van der Waals surface area contributed by atoms with Gasteiger partial charge in [0.05, 0.1) is 22.5 Å². The Morgan fingerprint density at radius 2 is 2.12 bits per heavy atom. The highest BCUT2D eigenvalue weighted by Gasteiger charge is 2.48. The molecule has 0 spiro atoms. The summed E-state index contributed by atoms with van der Waals surface area (Å²) < 4.78 is 0.973. The van der Waals surface area contributed by atoms with E-state index >= 15 is 0 Å². The predicted octanol–water partition coefficient (Wildman–Crippen LogP) is 2.60. The van der Waals surface area contributed by atoms with Gasteiger partial charge in [-0.05, 0) is 47.2 Å². The van der Waals surface area contributed by atoms with Crippen LogP contribution in [0.3, 0.4) is 0 Å². The standard InChI is InChI=1S/C11H9ClINO3/c12-8-3-5(13)1-2-9(8)14-10(15)6-4-7(6)11(16)17/h1-3,6-7H,4H2,(H,14,15)(H,16,17)/t6-,7+/m1/s1. The first kappa shape index (κ1) is 12.6. The van der Waals surface area contributed by atoms with E-state index in [1.54, 1.807) is 12.1 Å². The fourth-order valence-corrected chi connectivity index (χ4v) is 2.48. The summed E-state index contributed by atoms with van der Waals surface area (Å²) in [5.74, 6) is -2.17. The number of benzene rings is 1. The third-order valence-corrected chi connectivity index (χ3v) is 3.62. The van der Waals surface area contributed by atoms with Gasteiger partial charge in [-0.1, -0.05) is 11.6 Å². The van der Waals surface area contributed by atoms with Crippen molar-refractivity contribution in [3.63, 3.8) is 0 Å². The van der Waals surface area contributed by atoms with E-state index in [4.69, 9.17) is 16.7 Å². The number of hydrogen-bond donors (Lipinski definition) is 2. The van der Waals surface area contributed by atoms with Gasteiger partial charge in [-0.15, -0.1) is 0 Å². The summed E-state index contributed by atoms with van der Waals surface area (Å²) in [6, 6.07) is 5.27. The van der Waals surface area contributed by atoms with Crippen molar-refractivity contribution in [1.82, 2.24) is 0 Å². The van der Waals surface area contributed by atoms with Crippen molar-refractivity contribution in [2.75, 3.05) is 5.32 Å². The molecule has 0 bridgehead atoms. The summed E-state index contributed by atoms with van der Waals surface area (Å²) in [4.78, 5) is 22.3. The molecule has 6 heteroatoms. The summed E-state index contributed by atoms with van der Waals surface area (Å²) in [6.45, 7) is 0. The van der Waals surface area contributed by atoms with E-state index in [-0.39, 0.29) is 5.91 Å². The van der Waals surface area contributed by atoms with E-state index in [0.29, 0.717) is 17.1 Å². The van der Waals surface area contributed by atoms with Crippen molar-refractivity contribution in [2.45, 2.75) is 6.42 Å². The molecule has 0 aromatic heterocycles. The van der Waals surface area contributed by atoms with Crippen molar-refractivity contribution in [1.29, 1.82) is 0 Å². The van der Waals surface area contributed by atoms with Crippen molar-refractivity contribution in [3.05, 3.63) is 26.8 Å². The van der Waals surface area contributed by atoms with Crippen LogP contribution in [0.25, 0.3) is 0 Å². The lowest BCUT2D eigenvalue weighted by Crippen LogP contribution is -2.17. The van der Waals surface area contributed by atoms with Crippen LogP contribution in [0.4, 0.5) is 5.69 Å². The number of aliphatic carboxylic acids is 1. The Morgan fingerprint density at radius 1 is 1.41 bits per heavy atom. The van der Waals surface area contributed by atoms with Crippen molar-refractivity contribution in [2.24, 2.45) is 11.8 Å². The Bertz CT molecular complexity index is 492. The highest BCUT2D eigenvalue weighted by molar-refractivity contribution is 14.1. The van der Waals surface area contributed by atoms with E-state index in [2.05, 4.69) is 27.9 Å². The molecular formula is C11H9ClINO3. The van der Waals surface area contributed by atoms with Crippen LogP contribution in [-0.4, -0.2) is 17.0 Å². The van der Waals surface area contributed by atoms with Crippen LogP contribution in [-0.2, 0) is 9.59 Å². The molecule has 4 nitrogen and oxygen atoms in total. The van der Waals surface area contributed by atoms with Crippen LogP contribution < -0.4 is 5.32 Å². The maximum Gasteiger partial charge on any atom is 0.307 e. The predicted molar refractivity (Wildman–Crippen MR) is 72.0 cm³/mol. The summed E-state index contributed by atoms with van der Waals surface area (Å²) in [5.41, 5.74) is 0.521. The lowest BCUT2D eigenvalue weighted by atomic mass is 10.2. The molecule has 1 fully saturated rings. The molecule has 0 radical (unpaired) electrons. The minimum Gasteiger partial charge on any atom is -0.481 e. The quantitative estimate of drug-likeness (QED) is 0.809. The largest absolute Gasteiger partial charge is 0.481 e. The van der Waals surface area contributed by atoms with Crippen molar-refractivity contribution in [3.8, 4) is 0 Å². The Labute approximate surface area is 116 Å². The molecule has 17 heavy (non-hydrogen) atoms. The van der Waals surface area contributed by atoms with Crippen molar-refractivity contribution >= 4 is 51.8 Å². The van der Waals surface area contributed by atoms with Crippen LogP contribution in [0.1, 0.15) is 6.42 Å². The molecule has 1 amide bonds. The van der Waals surface area contributed by atoms with Gasteiger partial charge < -0.3 is 10.4 Å². The zero-order valence-electron chi connectivity index (χ0n) is 8.61. The lowest BCUT2D eigenvalue weighted by Gasteiger charge is -2.06. The first-order chi connectivity index (χ1) is 7.99. The average molecular weight is 366 g/mol. The van der Waals surface area contributed by atoms with Crippen LogP contribution in [0.15, 0.2) is 18.2 Å². The topological polar surface area (TPSA) is 66.4 Å². The average Bonchev–Trinajstić information content (AvgIpc) is 3.01. The van der Waals surface area contributed by atoms with E-state index in [0.717, 1.165) is 3.57 Å². The second kappa shape index (κ2) is 4.81. The second-order valence-electron chi connectivity index (χ2n) is 3.90. The molecule has 0 aliphatic heterocycles. The fourth-order valence-electron chi connectivity index (χ4n) is 1.57. The number of hydrogen-bond acceptors (Lipinski definition) is 2. The zero-order valence-corrected chi connectivity index (χ0v) is 11.5. The smallest absolute Gasteiger partial charge is 0.307 e. The maximum absolute atomic E-state index is 11.7. The lowest BCUT2D eigenvalue weighted by molar-refractivity contribution is -0.139. The third kappa shape index (κ3) is 2.90. The summed E-state index contributed by atoms with van der Waals surface area (Å²) in [5, 5.41) is 11.8. The fraction of sp³-hybridized carbons (Fsp3) is 0.273. The van der Waals surface area contributed by atoms with Gasteiger partial charge >= 0.3 is 5.97 Å². The van der Waals surface area contributed by atoms with Gasteiger partial charge in [-0.25, -0.2) is 0 Å². The van der Waals surface area contributed by atoms with Gasteiger partial charge in [-0.3, -0.25) is 9.59 Å². The molecule has 1 aliphatic carbocycles. The Morgan fingerprint density at radius 3 is 2.65 bits per heavy atom.